The Kier molecular flexibility index (Phi) is 6.50. The summed E-state index contributed by atoms with van der Waals surface area (Å²) >= 11 is 0. The lowest BCUT2D eigenvalue weighted by atomic mass is 10.1. The lowest BCUT2D eigenvalue weighted by Crippen LogP contribution is -2.30. The van der Waals surface area contributed by atoms with E-state index in [1.54, 1.807) is 13.8 Å². The van der Waals surface area contributed by atoms with Crippen molar-refractivity contribution >= 4 is 17.1 Å². The highest BCUT2D eigenvalue weighted by Gasteiger charge is 2.44. The Balaban J connectivity index is 3.86. The molecule has 0 aliphatic rings. The van der Waals surface area contributed by atoms with Crippen molar-refractivity contribution in [3.63, 3.8) is 0 Å². The van der Waals surface area contributed by atoms with Crippen LogP contribution in [0.25, 0.3) is 0 Å². The van der Waals surface area contributed by atoms with E-state index in [0.717, 1.165) is 0 Å². The molecule has 0 spiro atoms. The van der Waals surface area contributed by atoms with Gasteiger partial charge in [0.25, 0.3) is 0 Å². The van der Waals surface area contributed by atoms with Crippen LogP contribution in [0.2, 0.25) is 0 Å². The molecule has 0 aliphatic carbocycles. The molecule has 12 heteroatoms. The molecule has 0 saturated carbocycles. The second-order valence-electron chi connectivity index (χ2n) is 4.73. The zero-order chi connectivity index (χ0) is 19.4. The molecule has 0 aromatic heterocycles. The summed E-state index contributed by atoms with van der Waals surface area (Å²) in [5, 5.41) is 24.0. The predicted octanol–water partition coefficient (Wildman–Crippen LogP) is 3.59. The zero-order valence-corrected chi connectivity index (χ0v) is 13.7. The number of hydrogen-bond acceptors (Lipinski definition) is 7. The molecule has 0 bridgehead atoms. The van der Waals surface area contributed by atoms with E-state index in [1.807, 2.05) is 0 Å². The number of nitro groups is 2. The number of benzene rings is 1. The Hall–Kier alpha value is -2.63. The number of nitro benzene ring substituents is 2. The maximum absolute atomic E-state index is 13.2. The first kappa shape index (κ1) is 20.4. The highest BCUT2D eigenvalue weighted by Crippen LogP contribution is 2.49. The Morgan fingerprint density at radius 3 is 2.08 bits per heavy atom. The lowest BCUT2D eigenvalue weighted by Gasteiger charge is -2.22. The summed E-state index contributed by atoms with van der Waals surface area (Å²) in [4.78, 5) is 20.4. The maximum Gasteiger partial charge on any atom is 0.420 e. The number of hydrazine groups is 1. The van der Waals surface area contributed by atoms with Crippen molar-refractivity contribution < 1.29 is 27.8 Å². The van der Waals surface area contributed by atoms with Crippen LogP contribution in [-0.2, 0) is 6.18 Å². The molecular formula is C13H17F3N4O5. The summed E-state index contributed by atoms with van der Waals surface area (Å²) in [5.74, 6) is -1.06. The van der Waals surface area contributed by atoms with Crippen molar-refractivity contribution in [2.24, 2.45) is 0 Å². The van der Waals surface area contributed by atoms with Crippen LogP contribution in [-0.4, -0.2) is 34.6 Å². The van der Waals surface area contributed by atoms with Crippen LogP contribution in [0.3, 0.4) is 0 Å². The van der Waals surface area contributed by atoms with Gasteiger partial charge in [0, 0.05) is 19.2 Å². The minimum absolute atomic E-state index is 0.240. The monoisotopic (exact) mass is 366 g/mol. The van der Waals surface area contributed by atoms with Crippen molar-refractivity contribution in [1.82, 2.24) is 5.01 Å². The molecule has 0 atom stereocenters. The van der Waals surface area contributed by atoms with E-state index in [4.69, 9.17) is 4.74 Å². The Bertz CT molecular complexity index is 662. The van der Waals surface area contributed by atoms with Crippen molar-refractivity contribution in [2.75, 3.05) is 25.1 Å². The van der Waals surface area contributed by atoms with Crippen molar-refractivity contribution in [1.29, 1.82) is 0 Å². The highest BCUT2D eigenvalue weighted by atomic mass is 19.4. The molecule has 1 aromatic rings. The molecule has 9 nitrogen and oxygen atoms in total. The summed E-state index contributed by atoms with van der Waals surface area (Å²) in [6, 6.07) is 0.240. The van der Waals surface area contributed by atoms with Gasteiger partial charge in [0.15, 0.2) is 0 Å². The summed E-state index contributed by atoms with van der Waals surface area (Å²) in [6.07, 6.45) is -5.06. The lowest BCUT2D eigenvalue weighted by molar-refractivity contribution is -0.393. The fourth-order valence-electron chi connectivity index (χ4n) is 2.11. The van der Waals surface area contributed by atoms with Gasteiger partial charge in [0.05, 0.1) is 16.5 Å². The quantitative estimate of drug-likeness (QED) is 0.553. The molecule has 25 heavy (non-hydrogen) atoms. The number of halogens is 3. The number of ether oxygens (including phenoxy) is 1. The van der Waals surface area contributed by atoms with Crippen LogP contribution in [0.1, 0.15) is 26.3 Å². The second-order valence-corrected chi connectivity index (χ2v) is 4.73. The van der Waals surface area contributed by atoms with Gasteiger partial charge >= 0.3 is 17.6 Å². The molecule has 140 valence electrons. The molecular weight excluding hydrogens is 349 g/mol. The molecule has 0 heterocycles. The predicted molar refractivity (Wildman–Crippen MR) is 82.5 cm³/mol. The van der Waals surface area contributed by atoms with Crippen LogP contribution in [0.5, 0.6) is 5.75 Å². The second kappa shape index (κ2) is 7.96. The maximum atomic E-state index is 13.2. The fraction of sp³-hybridized carbons (Fsp3) is 0.538. The Morgan fingerprint density at radius 2 is 1.72 bits per heavy atom. The molecule has 1 N–H and O–H groups in total. The van der Waals surface area contributed by atoms with Gasteiger partial charge in [-0.15, -0.1) is 0 Å². The zero-order valence-electron chi connectivity index (χ0n) is 13.7. The van der Waals surface area contributed by atoms with Crippen LogP contribution in [0.4, 0.5) is 30.2 Å². The average molecular weight is 366 g/mol. The van der Waals surface area contributed by atoms with Crippen LogP contribution in [0.15, 0.2) is 6.07 Å². The number of hydrogen-bond donors (Lipinski definition) is 1. The largest absolute Gasteiger partial charge is 0.487 e. The minimum atomic E-state index is -5.06. The van der Waals surface area contributed by atoms with E-state index in [9.17, 15) is 33.4 Å². The Morgan fingerprint density at radius 1 is 1.16 bits per heavy atom. The minimum Gasteiger partial charge on any atom is -0.487 e. The van der Waals surface area contributed by atoms with Crippen molar-refractivity contribution in [3.8, 4) is 5.75 Å². The number of nitrogens with zero attached hydrogens (tertiary/aromatic N) is 3. The molecule has 0 radical (unpaired) electrons. The van der Waals surface area contributed by atoms with E-state index < -0.39 is 44.4 Å². The Labute approximate surface area is 140 Å². The standard InChI is InChI=1S/C13H17F3N4O5/c1-4-18(5-2)17-10-9(19(21)22)7-8(13(14,15)16)12(25-6-3)11(10)20(23)24/h7,17H,4-6H2,1-3H3. The fourth-order valence-corrected chi connectivity index (χ4v) is 2.11. The van der Waals surface area contributed by atoms with Crippen LogP contribution >= 0.6 is 0 Å². The molecule has 0 saturated heterocycles. The molecule has 0 aliphatic heterocycles. The van der Waals surface area contributed by atoms with Gasteiger partial charge in [-0.3, -0.25) is 20.2 Å². The van der Waals surface area contributed by atoms with E-state index >= 15 is 0 Å². The third-order valence-electron chi connectivity index (χ3n) is 3.24. The number of nitrogens with one attached hydrogen (secondary N) is 1. The van der Waals surface area contributed by atoms with Crippen LogP contribution < -0.4 is 10.2 Å². The summed E-state index contributed by atoms with van der Waals surface area (Å²) in [5.41, 5.74) is -1.96. The average Bonchev–Trinajstić information content (AvgIpc) is 2.50. The van der Waals surface area contributed by atoms with Crippen molar-refractivity contribution in [2.45, 2.75) is 26.9 Å². The van der Waals surface area contributed by atoms with E-state index in [-0.39, 0.29) is 12.7 Å². The molecule has 0 amide bonds. The normalized spacial score (nSPS) is 11.5. The van der Waals surface area contributed by atoms with Gasteiger partial charge in [-0.1, -0.05) is 13.8 Å². The van der Waals surface area contributed by atoms with E-state index in [2.05, 4.69) is 5.43 Å². The molecule has 0 unspecified atom stereocenters. The third-order valence-corrected chi connectivity index (χ3v) is 3.24. The topological polar surface area (TPSA) is 111 Å². The van der Waals surface area contributed by atoms with E-state index in [0.29, 0.717) is 13.1 Å². The summed E-state index contributed by atoms with van der Waals surface area (Å²) < 4.78 is 44.5. The summed E-state index contributed by atoms with van der Waals surface area (Å²) in [6.45, 7) is 5.00. The van der Waals surface area contributed by atoms with Crippen molar-refractivity contribution in [3.05, 3.63) is 31.9 Å². The van der Waals surface area contributed by atoms with Gasteiger partial charge in [-0.05, 0) is 6.92 Å². The number of rotatable bonds is 8. The molecule has 0 fully saturated rings. The number of alkyl halides is 3. The first-order valence-electron chi connectivity index (χ1n) is 7.29. The van der Waals surface area contributed by atoms with Gasteiger partial charge < -0.3 is 10.2 Å². The third kappa shape index (κ3) is 4.47. The summed E-state index contributed by atoms with van der Waals surface area (Å²) in [7, 11) is 0. The van der Waals surface area contributed by atoms with E-state index in [1.165, 1.54) is 11.9 Å². The first-order valence-corrected chi connectivity index (χ1v) is 7.29. The smallest absolute Gasteiger partial charge is 0.420 e. The van der Waals surface area contributed by atoms with Gasteiger partial charge in [-0.2, -0.15) is 13.2 Å². The van der Waals surface area contributed by atoms with Gasteiger partial charge in [0.2, 0.25) is 11.4 Å². The van der Waals surface area contributed by atoms with Gasteiger partial charge in [-0.25, -0.2) is 5.01 Å². The van der Waals surface area contributed by atoms with Crippen LogP contribution in [0, 0.1) is 20.2 Å². The molecule has 1 rings (SSSR count). The SMILES string of the molecule is CCOc1c(C(F)(F)F)cc([N+](=O)[O-])c(NN(CC)CC)c1[N+](=O)[O-]. The number of anilines is 1. The highest BCUT2D eigenvalue weighted by molar-refractivity contribution is 5.80. The molecule has 1 aromatic carbocycles. The first-order chi connectivity index (χ1) is 11.6. The van der Waals surface area contributed by atoms with Gasteiger partial charge in [0.1, 0.15) is 5.56 Å².